The molecule has 0 aliphatic carbocycles. The first kappa shape index (κ1) is 13.9. The molecular formula is C12H12F2N2O2. The van der Waals surface area contributed by atoms with Crippen molar-refractivity contribution in [2.75, 3.05) is 5.32 Å². The molecule has 1 unspecified atom stereocenters. The van der Waals surface area contributed by atoms with Crippen molar-refractivity contribution in [1.29, 1.82) is 5.26 Å². The van der Waals surface area contributed by atoms with Crippen molar-refractivity contribution in [3.8, 4) is 11.8 Å². The van der Waals surface area contributed by atoms with E-state index in [1.807, 2.05) is 6.07 Å². The average Bonchev–Trinajstić information content (AvgIpc) is 2.32. The van der Waals surface area contributed by atoms with E-state index < -0.39 is 18.4 Å². The summed E-state index contributed by atoms with van der Waals surface area (Å²) in [4.78, 5) is 11.6. The minimum atomic E-state index is -2.97. The lowest BCUT2D eigenvalue weighted by atomic mass is 10.1. The van der Waals surface area contributed by atoms with Gasteiger partial charge in [-0.1, -0.05) is 19.1 Å². The third-order valence-electron chi connectivity index (χ3n) is 2.24. The maximum atomic E-state index is 12.1. The number of carbonyl (C=O) groups excluding carboxylic acids is 1. The fraction of sp³-hybridized carbons (Fsp3) is 0.333. The molecule has 1 rings (SSSR count). The van der Waals surface area contributed by atoms with Gasteiger partial charge in [0.15, 0.2) is 0 Å². The zero-order valence-corrected chi connectivity index (χ0v) is 9.69. The van der Waals surface area contributed by atoms with Crippen LogP contribution in [0.2, 0.25) is 0 Å². The summed E-state index contributed by atoms with van der Waals surface area (Å²) in [5.74, 6) is -1.48. The molecule has 1 N–H and O–H groups in total. The molecule has 0 saturated heterocycles. The maximum absolute atomic E-state index is 12.1. The molecule has 96 valence electrons. The Kier molecular flexibility index (Phi) is 5.06. The number of ether oxygens (including phenoxy) is 1. The van der Waals surface area contributed by atoms with Crippen LogP contribution in [0.1, 0.15) is 13.3 Å². The predicted molar refractivity (Wildman–Crippen MR) is 61.1 cm³/mol. The van der Waals surface area contributed by atoms with Gasteiger partial charge in [-0.25, -0.2) is 0 Å². The average molecular weight is 254 g/mol. The summed E-state index contributed by atoms with van der Waals surface area (Å²) < 4.78 is 28.5. The van der Waals surface area contributed by atoms with E-state index >= 15 is 0 Å². The van der Waals surface area contributed by atoms with Gasteiger partial charge < -0.3 is 10.1 Å². The molecule has 1 aromatic rings. The lowest BCUT2D eigenvalue weighted by Crippen LogP contribution is -2.21. The number of amides is 1. The predicted octanol–water partition coefficient (Wildman–Crippen LogP) is 2.78. The fourth-order valence-corrected chi connectivity index (χ4v) is 1.32. The van der Waals surface area contributed by atoms with Crippen molar-refractivity contribution in [2.45, 2.75) is 20.0 Å². The van der Waals surface area contributed by atoms with Crippen LogP contribution in [-0.4, -0.2) is 12.5 Å². The quantitative estimate of drug-likeness (QED) is 0.878. The molecule has 0 fully saturated rings. The summed E-state index contributed by atoms with van der Waals surface area (Å²) in [6.07, 6.45) is 0.347. The Morgan fingerprint density at radius 1 is 1.50 bits per heavy atom. The van der Waals surface area contributed by atoms with Gasteiger partial charge >= 0.3 is 6.61 Å². The zero-order chi connectivity index (χ0) is 13.5. The summed E-state index contributed by atoms with van der Waals surface area (Å²) in [6, 6.07) is 7.66. The number of anilines is 1. The lowest BCUT2D eigenvalue weighted by Gasteiger charge is -2.12. The van der Waals surface area contributed by atoms with Gasteiger partial charge in [-0.05, 0) is 18.6 Å². The van der Waals surface area contributed by atoms with E-state index in [0.29, 0.717) is 6.42 Å². The fourth-order valence-electron chi connectivity index (χ4n) is 1.32. The third kappa shape index (κ3) is 3.70. The Morgan fingerprint density at radius 3 is 2.72 bits per heavy atom. The number of alkyl halides is 2. The topological polar surface area (TPSA) is 62.1 Å². The minimum Gasteiger partial charge on any atom is -0.433 e. The standard InChI is InChI=1S/C12H12F2N2O2/c1-2-8(7-15)11(17)16-9-5-3-4-6-10(9)18-12(13)14/h3-6,8,12H,2H2,1H3,(H,16,17). The Hall–Kier alpha value is -2.16. The SMILES string of the molecule is CCC(C#N)C(=O)Nc1ccccc1OC(F)F. The van der Waals surface area contributed by atoms with Crippen molar-refractivity contribution >= 4 is 11.6 Å². The Balaban J connectivity index is 2.84. The van der Waals surface area contributed by atoms with Gasteiger partial charge in [-0.2, -0.15) is 14.0 Å². The second-order valence-electron chi connectivity index (χ2n) is 3.45. The largest absolute Gasteiger partial charge is 0.433 e. The smallest absolute Gasteiger partial charge is 0.387 e. The van der Waals surface area contributed by atoms with Crippen LogP contribution in [0.5, 0.6) is 5.75 Å². The van der Waals surface area contributed by atoms with Gasteiger partial charge in [-0.15, -0.1) is 0 Å². The van der Waals surface area contributed by atoms with Gasteiger partial charge in [0.2, 0.25) is 5.91 Å². The number of nitrogens with one attached hydrogen (secondary N) is 1. The van der Waals surface area contributed by atoms with Crippen molar-refractivity contribution < 1.29 is 18.3 Å². The molecule has 0 saturated carbocycles. The van der Waals surface area contributed by atoms with E-state index in [1.165, 1.54) is 18.2 Å². The Morgan fingerprint density at radius 2 is 2.17 bits per heavy atom. The summed E-state index contributed by atoms with van der Waals surface area (Å²) >= 11 is 0. The van der Waals surface area contributed by atoms with Crippen LogP contribution in [0.3, 0.4) is 0 Å². The number of carbonyl (C=O) groups is 1. The van der Waals surface area contributed by atoms with Gasteiger partial charge in [0, 0.05) is 0 Å². The number of rotatable bonds is 5. The number of nitrogens with zero attached hydrogens (tertiary/aromatic N) is 1. The number of para-hydroxylation sites is 2. The number of hydrogen-bond acceptors (Lipinski definition) is 3. The summed E-state index contributed by atoms with van der Waals surface area (Å²) in [5, 5.41) is 11.1. The van der Waals surface area contributed by atoms with Crippen LogP contribution >= 0.6 is 0 Å². The molecule has 18 heavy (non-hydrogen) atoms. The summed E-state index contributed by atoms with van der Waals surface area (Å²) in [7, 11) is 0. The molecule has 0 bridgehead atoms. The normalized spacial score (nSPS) is 11.7. The van der Waals surface area contributed by atoms with Crippen molar-refractivity contribution in [3.05, 3.63) is 24.3 Å². The molecule has 0 spiro atoms. The first-order valence-electron chi connectivity index (χ1n) is 5.32. The molecule has 0 aliphatic rings. The molecule has 0 radical (unpaired) electrons. The van der Waals surface area contributed by atoms with Crippen LogP contribution in [0, 0.1) is 17.2 Å². The van der Waals surface area contributed by atoms with Gasteiger partial charge in [0.25, 0.3) is 0 Å². The highest BCUT2D eigenvalue weighted by Gasteiger charge is 2.17. The molecule has 0 aliphatic heterocycles. The van der Waals surface area contributed by atoms with Crippen LogP contribution in [0.25, 0.3) is 0 Å². The lowest BCUT2D eigenvalue weighted by molar-refractivity contribution is -0.118. The molecular weight excluding hydrogens is 242 g/mol. The van der Waals surface area contributed by atoms with E-state index in [4.69, 9.17) is 5.26 Å². The second kappa shape index (κ2) is 6.55. The van der Waals surface area contributed by atoms with E-state index in [9.17, 15) is 13.6 Å². The third-order valence-corrected chi connectivity index (χ3v) is 2.24. The van der Waals surface area contributed by atoms with Gasteiger partial charge in [0.1, 0.15) is 11.7 Å². The van der Waals surface area contributed by atoms with E-state index in [0.717, 1.165) is 0 Å². The maximum Gasteiger partial charge on any atom is 0.387 e. The molecule has 0 aromatic heterocycles. The molecule has 1 amide bonds. The van der Waals surface area contributed by atoms with Gasteiger partial charge in [-0.3, -0.25) is 4.79 Å². The molecule has 0 heterocycles. The number of halogens is 2. The molecule has 1 aromatic carbocycles. The number of benzene rings is 1. The highest BCUT2D eigenvalue weighted by Crippen LogP contribution is 2.26. The Bertz CT molecular complexity index is 458. The van der Waals surface area contributed by atoms with Crippen LogP contribution in [0.4, 0.5) is 14.5 Å². The van der Waals surface area contributed by atoms with E-state index in [-0.39, 0.29) is 11.4 Å². The van der Waals surface area contributed by atoms with E-state index in [1.54, 1.807) is 13.0 Å². The van der Waals surface area contributed by atoms with Crippen LogP contribution in [-0.2, 0) is 4.79 Å². The monoisotopic (exact) mass is 254 g/mol. The highest BCUT2D eigenvalue weighted by molar-refractivity contribution is 5.95. The number of nitriles is 1. The van der Waals surface area contributed by atoms with Crippen molar-refractivity contribution in [3.63, 3.8) is 0 Å². The van der Waals surface area contributed by atoms with Gasteiger partial charge in [0.05, 0.1) is 11.8 Å². The van der Waals surface area contributed by atoms with Crippen molar-refractivity contribution in [1.82, 2.24) is 0 Å². The first-order valence-corrected chi connectivity index (χ1v) is 5.32. The first-order chi connectivity index (χ1) is 8.58. The Labute approximate surface area is 103 Å². The number of hydrogen-bond donors (Lipinski definition) is 1. The van der Waals surface area contributed by atoms with Crippen LogP contribution < -0.4 is 10.1 Å². The van der Waals surface area contributed by atoms with Crippen LogP contribution in [0.15, 0.2) is 24.3 Å². The summed E-state index contributed by atoms with van der Waals surface area (Å²) in [6.45, 7) is -1.28. The molecule has 6 heteroatoms. The zero-order valence-electron chi connectivity index (χ0n) is 9.69. The molecule has 1 atom stereocenters. The highest BCUT2D eigenvalue weighted by atomic mass is 19.3. The summed E-state index contributed by atoms with van der Waals surface area (Å²) in [5.41, 5.74) is 0.122. The minimum absolute atomic E-state index is 0.122. The van der Waals surface area contributed by atoms with Crippen molar-refractivity contribution in [2.24, 2.45) is 5.92 Å². The van der Waals surface area contributed by atoms with E-state index in [2.05, 4.69) is 10.1 Å². The molecule has 4 nitrogen and oxygen atoms in total. The second-order valence-corrected chi connectivity index (χ2v) is 3.45.